The number of benzene rings is 2. The summed E-state index contributed by atoms with van der Waals surface area (Å²) >= 11 is 0. The highest BCUT2D eigenvalue weighted by molar-refractivity contribution is 5.47. The summed E-state index contributed by atoms with van der Waals surface area (Å²) in [7, 11) is 4.01. The standard InChI is InChI=1S/C20H23NO/c1-21-13-5-8-18-19(14-9-11-15(22-2)12-10-14)16-6-3-4-7-17(16)20(18)21/h3-4,6-7,9-12,18-20H,5,8,13H2,1-2H3/t18-,19-,20+/m0/s1. The summed E-state index contributed by atoms with van der Waals surface area (Å²) in [5.74, 6) is 2.16. The van der Waals surface area contributed by atoms with E-state index in [1.54, 1.807) is 7.11 Å². The number of hydrogen-bond donors (Lipinski definition) is 0. The van der Waals surface area contributed by atoms with Crippen LogP contribution >= 0.6 is 0 Å². The van der Waals surface area contributed by atoms with Crippen molar-refractivity contribution in [2.75, 3.05) is 20.7 Å². The number of fused-ring (bicyclic) bond motifs is 3. The first kappa shape index (κ1) is 13.8. The lowest BCUT2D eigenvalue weighted by atomic mass is 9.80. The summed E-state index contributed by atoms with van der Waals surface area (Å²) in [4.78, 5) is 2.55. The molecule has 0 N–H and O–H groups in total. The van der Waals surface area contributed by atoms with Gasteiger partial charge in [0.15, 0.2) is 0 Å². The summed E-state index contributed by atoms with van der Waals surface area (Å²) in [6, 6.07) is 18.3. The van der Waals surface area contributed by atoms with Crippen molar-refractivity contribution in [3.63, 3.8) is 0 Å². The summed E-state index contributed by atoms with van der Waals surface area (Å²) in [5, 5.41) is 0. The van der Waals surface area contributed by atoms with Gasteiger partial charge < -0.3 is 4.74 Å². The minimum atomic E-state index is 0.523. The maximum absolute atomic E-state index is 5.32. The normalized spacial score (nSPS) is 27.3. The lowest BCUT2D eigenvalue weighted by molar-refractivity contribution is 0.127. The quantitative estimate of drug-likeness (QED) is 0.822. The summed E-state index contributed by atoms with van der Waals surface area (Å²) in [6.45, 7) is 1.21. The molecule has 2 aromatic carbocycles. The van der Waals surface area contributed by atoms with Crippen molar-refractivity contribution in [3.8, 4) is 5.75 Å². The third kappa shape index (κ3) is 2.05. The molecule has 1 fully saturated rings. The number of likely N-dealkylation sites (tertiary alicyclic amines) is 1. The molecule has 22 heavy (non-hydrogen) atoms. The van der Waals surface area contributed by atoms with Gasteiger partial charge in [-0.05, 0) is 61.2 Å². The van der Waals surface area contributed by atoms with Crippen molar-refractivity contribution in [2.45, 2.75) is 24.8 Å². The molecule has 114 valence electrons. The predicted molar refractivity (Wildman–Crippen MR) is 89.4 cm³/mol. The first-order chi connectivity index (χ1) is 10.8. The van der Waals surface area contributed by atoms with E-state index in [0.717, 1.165) is 5.75 Å². The van der Waals surface area contributed by atoms with Crippen molar-refractivity contribution in [2.24, 2.45) is 5.92 Å². The van der Waals surface area contributed by atoms with E-state index in [2.05, 4.69) is 60.5 Å². The molecule has 0 radical (unpaired) electrons. The zero-order chi connectivity index (χ0) is 15.1. The Morgan fingerprint density at radius 3 is 2.45 bits per heavy atom. The SMILES string of the molecule is COc1ccc([C@H]2c3ccccc3[C@@H]3[C@H]2CCCN3C)cc1. The smallest absolute Gasteiger partial charge is 0.118 e. The van der Waals surface area contributed by atoms with Crippen molar-refractivity contribution in [1.82, 2.24) is 4.90 Å². The fourth-order valence-electron chi connectivity index (χ4n) is 4.55. The lowest BCUT2D eigenvalue weighted by Gasteiger charge is -2.37. The van der Waals surface area contributed by atoms with Crippen LogP contribution in [0.4, 0.5) is 0 Å². The molecule has 2 heteroatoms. The van der Waals surface area contributed by atoms with Crippen LogP contribution < -0.4 is 4.74 Å². The van der Waals surface area contributed by atoms with Crippen LogP contribution in [0.1, 0.15) is 41.5 Å². The van der Waals surface area contributed by atoms with Crippen molar-refractivity contribution in [3.05, 3.63) is 65.2 Å². The van der Waals surface area contributed by atoms with E-state index >= 15 is 0 Å². The molecule has 0 unspecified atom stereocenters. The zero-order valence-electron chi connectivity index (χ0n) is 13.3. The predicted octanol–water partition coefficient (Wildman–Crippen LogP) is 4.22. The number of ether oxygens (including phenoxy) is 1. The van der Waals surface area contributed by atoms with Crippen LogP contribution in [0.3, 0.4) is 0 Å². The van der Waals surface area contributed by atoms with Gasteiger partial charge in [0.05, 0.1) is 7.11 Å². The van der Waals surface area contributed by atoms with E-state index in [4.69, 9.17) is 4.74 Å². The largest absolute Gasteiger partial charge is 0.497 e. The zero-order valence-corrected chi connectivity index (χ0v) is 13.3. The Hall–Kier alpha value is -1.80. The Labute approximate surface area is 132 Å². The van der Waals surface area contributed by atoms with Gasteiger partial charge in [-0.15, -0.1) is 0 Å². The Bertz CT molecular complexity index is 664. The minimum absolute atomic E-state index is 0.523. The lowest BCUT2D eigenvalue weighted by Crippen LogP contribution is -2.34. The molecule has 0 amide bonds. The van der Waals surface area contributed by atoms with Crippen LogP contribution in [0, 0.1) is 5.92 Å². The van der Waals surface area contributed by atoms with Crippen LogP contribution in [0.2, 0.25) is 0 Å². The second kappa shape index (κ2) is 5.44. The first-order valence-electron chi connectivity index (χ1n) is 8.22. The van der Waals surface area contributed by atoms with Crippen LogP contribution in [0.25, 0.3) is 0 Å². The van der Waals surface area contributed by atoms with Crippen LogP contribution in [0.5, 0.6) is 5.75 Å². The van der Waals surface area contributed by atoms with E-state index < -0.39 is 0 Å². The maximum atomic E-state index is 5.32. The topological polar surface area (TPSA) is 12.5 Å². The first-order valence-corrected chi connectivity index (χ1v) is 8.22. The van der Waals surface area contributed by atoms with Crippen LogP contribution in [-0.2, 0) is 0 Å². The van der Waals surface area contributed by atoms with Gasteiger partial charge in [0.25, 0.3) is 0 Å². The molecule has 2 aromatic rings. The highest BCUT2D eigenvalue weighted by Crippen LogP contribution is 2.54. The Morgan fingerprint density at radius 2 is 1.73 bits per heavy atom. The maximum Gasteiger partial charge on any atom is 0.118 e. The van der Waals surface area contributed by atoms with Gasteiger partial charge in [-0.25, -0.2) is 0 Å². The molecule has 0 aromatic heterocycles. The van der Waals surface area contributed by atoms with Crippen molar-refractivity contribution >= 4 is 0 Å². The third-order valence-corrected chi connectivity index (χ3v) is 5.48. The number of piperidine rings is 1. The fraction of sp³-hybridized carbons (Fsp3) is 0.400. The Morgan fingerprint density at radius 1 is 1.00 bits per heavy atom. The number of methoxy groups -OCH3 is 1. The summed E-state index contributed by atoms with van der Waals surface area (Å²) in [5.41, 5.74) is 4.49. The summed E-state index contributed by atoms with van der Waals surface area (Å²) < 4.78 is 5.32. The second-order valence-electron chi connectivity index (χ2n) is 6.61. The Kier molecular flexibility index (Phi) is 3.42. The average molecular weight is 293 g/mol. The molecule has 1 heterocycles. The number of hydrogen-bond acceptors (Lipinski definition) is 2. The number of nitrogens with zero attached hydrogens (tertiary/aromatic N) is 1. The molecule has 1 aliphatic carbocycles. The molecule has 4 rings (SSSR count). The van der Waals surface area contributed by atoms with E-state index in [1.165, 1.54) is 36.1 Å². The molecule has 3 atom stereocenters. The molecule has 0 spiro atoms. The van der Waals surface area contributed by atoms with Gasteiger partial charge in [-0.3, -0.25) is 4.90 Å². The van der Waals surface area contributed by atoms with Gasteiger partial charge in [-0.1, -0.05) is 36.4 Å². The highest BCUT2D eigenvalue weighted by atomic mass is 16.5. The highest BCUT2D eigenvalue weighted by Gasteiger charge is 2.44. The van der Waals surface area contributed by atoms with Crippen molar-refractivity contribution in [1.29, 1.82) is 0 Å². The van der Waals surface area contributed by atoms with E-state index in [0.29, 0.717) is 17.9 Å². The average Bonchev–Trinajstić information content (AvgIpc) is 2.90. The van der Waals surface area contributed by atoms with Crippen LogP contribution in [-0.4, -0.2) is 25.6 Å². The Balaban J connectivity index is 1.80. The van der Waals surface area contributed by atoms with Crippen molar-refractivity contribution < 1.29 is 4.74 Å². The molecule has 0 bridgehead atoms. The van der Waals surface area contributed by atoms with E-state index in [-0.39, 0.29) is 0 Å². The monoisotopic (exact) mass is 293 g/mol. The molecular formula is C20H23NO. The molecule has 0 saturated carbocycles. The van der Waals surface area contributed by atoms with Gasteiger partial charge in [0.1, 0.15) is 5.75 Å². The molecule has 1 saturated heterocycles. The van der Waals surface area contributed by atoms with E-state index in [9.17, 15) is 0 Å². The van der Waals surface area contributed by atoms with E-state index in [1.807, 2.05) is 0 Å². The molecule has 2 aliphatic rings. The summed E-state index contributed by atoms with van der Waals surface area (Å²) in [6.07, 6.45) is 2.62. The van der Waals surface area contributed by atoms with Gasteiger partial charge in [0, 0.05) is 12.0 Å². The molecule has 2 nitrogen and oxygen atoms in total. The minimum Gasteiger partial charge on any atom is -0.497 e. The molecular weight excluding hydrogens is 270 g/mol. The van der Waals surface area contributed by atoms with Gasteiger partial charge >= 0.3 is 0 Å². The third-order valence-electron chi connectivity index (χ3n) is 5.48. The fourth-order valence-corrected chi connectivity index (χ4v) is 4.55. The molecule has 1 aliphatic heterocycles. The van der Waals surface area contributed by atoms with Gasteiger partial charge in [-0.2, -0.15) is 0 Å². The van der Waals surface area contributed by atoms with Crippen LogP contribution in [0.15, 0.2) is 48.5 Å². The second-order valence-corrected chi connectivity index (χ2v) is 6.61. The van der Waals surface area contributed by atoms with Gasteiger partial charge in [0.2, 0.25) is 0 Å². The number of rotatable bonds is 2.